The Morgan fingerprint density at radius 1 is 1.13 bits per heavy atom. The van der Waals surface area contributed by atoms with E-state index in [0.29, 0.717) is 22.3 Å². The van der Waals surface area contributed by atoms with Crippen molar-refractivity contribution in [3.63, 3.8) is 0 Å². The summed E-state index contributed by atoms with van der Waals surface area (Å²) in [5, 5.41) is 3.47. The topological polar surface area (TPSA) is 73.2 Å². The number of hydrogen-bond acceptors (Lipinski definition) is 5. The van der Waals surface area contributed by atoms with Crippen LogP contribution in [0.1, 0.15) is 42.9 Å². The van der Waals surface area contributed by atoms with Crippen molar-refractivity contribution in [3.8, 4) is 5.75 Å². The van der Waals surface area contributed by atoms with Gasteiger partial charge in [-0.3, -0.25) is 9.59 Å². The van der Waals surface area contributed by atoms with E-state index in [0.717, 1.165) is 16.9 Å². The highest BCUT2D eigenvalue weighted by Crippen LogP contribution is 2.36. The van der Waals surface area contributed by atoms with Gasteiger partial charge in [-0.1, -0.05) is 54.2 Å². The summed E-state index contributed by atoms with van der Waals surface area (Å²) in [6.45, 7) is 3.94. The van der Waals surface area contributed by atoms with E-state index < -0.39 is 0 Å². The second-order valence-corrected chi connectivity index (χ2v) is 8.78. The zero-order valence-corrected chi connectivity index (χ0v) is 18.6. The molecule has 0 saturated carbocycles. The lowest BCUT2D eigenvalue weighted by atomic mass is 9.87. The standard InChI is InChI=1S/C24H25N3O3S/c1-15(2)30-18-11-9-17(10-12-18)19-13-20(28)25-22-21(19)23(29)26-24(27(22)3)31-14-16-7-5-4-6-8-16/h4-12,15,19H,13-14H2,1-3H3,(H,25,28). The van der Waals surface area contributed by atoms with Crippen molar-refractivity contribution in [1.29, 1.82) is 0 Å². The van der Waals surface area contributed by atoms with Crippen molar-refractivity contribution in [3.05, 3.63) is 81.6 Å². The summed E-state index contributed by atoms with van der Waals surface area (Å²) >= 11 is 1.48. The van der Waals surface area contributed by atoms with Gasteiger partial charge in [0.1, 0.15) is 11.6 Å². The van der Waals surface area contributed by atoms with Crippen molar-refractivity contribution in [2.45, 2.75) is 43.2 Å². The van der Waals surface area contributed by atoms with Crippen LogP contribution in [0.3, 0.4) is 0 Å². The Morgan fingerprint density at radius 3 is 2.52 bits per heavy atom. The molecule has 4 rings (SSSR count). The first-order valence-corrected chi connectivity index (χ1v) is 11.2. The van der Waals surface area contributed by atoms with Gasteiger partial charge in [0.15, 0.2) is 5.16 Å². The van der Waals surface area contributed by atoms with Crippen LogP contribution < -0.4 is 15.6 Å². The van der Waals surface area contributed by atoms with Crippen LogP contribution in [-0.2, 0) is 17.6 Å². The third-order valence-corrected chi connectivity index (χ3v) is 6.27. The van der Waals surface area contributed by atoms with E-state index >= 15 is 0 Å². The average molecular weight is 436 g/mol. The molecule has 1 N–H and O–H groups in total. The van der Waals surface area contributed by atoms with E-state index in [2.05, 4.69) is 10.3 Å². The van der Waals surface area contributed by atoms with Gasteiger partial charge in [0, 0.05) is 25.1 Å². The number of anilines is 1. The Balaban J connectivity index is 1.66. The van der Waals surface area contributed by atoms with E-state index in [1.165, 1.54) is 11.8 Å². The first-order valence-electron chi connectivity index (χ1n) is 10.3. The van der Waals surface area contributed by atoms with Crippen LogP contribution in [0.15, 0.2) is 64.5 Å². The van der Waals surface area contributed by atoms with Gasteiger partial charge in [0.25, 0.3) is 5.56 Å². The number of amides is 1. The zero-order chi connectivity index (χ0) is 22.0. The minimum absolute atomic E-state index is 0.0790. The number of thioether (sulfide) groups is 1. The van der Waals surface area contributed by atoms with Gasteiger partial charge in [-0.15, -0.1) is 0 Å². The zero-order valence-electron chi connectivity index (χ0n) is 17.8. The van der Waals surface area contributed by atoms with Crippen LogP contribution in [0.4, 0.5) is 5.82 Å². The number of ether oxygens (including phenoxy) is 1. The van der Waals surface area contributed by atoms with Crippen molar-refractivity contribution in [1.82, 2.24) is 9.55 Å². The summed E-state index contributed by atoms with van der Waals surface area (Å²) in [7, 11) is 1.83. The number of benzene rings is 2. The SMILES string of the molecule is CC(C)Oc1ccc(C2CC(=O)Nc3c2c(=O)nc(SCc2ccccc2)n3C)cc1. The van der Waals surface area contributed by atoms with Crippen LogP contribution in [0.5, 0.6) is 5.75 Å². The molecule has 1 aliphatic rings. The molecule has 0 spiro atoms. The molecule has 160 valence electrons. The van der Waals surface area contributed by atoms with E-state index in [9.17, 15) is 9.59 Å². The number of carbonyl (C=O) groups is 1. The van der Waals surface area contributed by atoms with Crippen molar-refractivity contribution >= 4 is 23.5 Å². The van der Waals surface area contributed by atoms with Gasteiger partial charge < -0.3 is 14.6 Å². The number of nitrogens with one attached hydrogen (secondary N) is 1. The van der Waals surface area contributed by atoms with Crippen LogP contribution >= 0.6 is 11.8 Å². The van der Waals surface area contributed by atoms with E-state index in [-0.39, 0.29) is 29.9 Å². The summed E-state index contributed by atoms with van der Waals surface area (Å²) in [5.41, 5.74) is 2.28. The van der Waals surface area contributed by atoms with Gasteiger partial charge in [-0.05, 0) is 37.1 Å². The predicted octanol–water partition coefficient (Wildman–Crippen LogP) is 4.33. The molecule has 0 radical (unpaired) electrons. The lowest BCUT2D eigenvalue weighted by Gasteiger charge is -2.27. The Labute approximate surface area is 185 Å². The molecule has 0 aliphatic carbocycles. The van der Waals surface area contributed by atoms with Crippen LogP contribution in [-0.4, -0.2) is 21.6 Å². The smallest absolute Gasteiger partial charge is 0.279 e. The number of fused-ring (bicyclic) bond motifs is 1. The van der Waals surface area contributed by atoms with Crippen molar-refractivity contribution < 1.29 is 9.53 Å². The largest absolute Gasteiger partial charge is 0.491 e. The molecule has 0 saturated heterocycles. The normalized spacial score (nSPS) is 15.5. The Bertz CT molecular complexity index is 1140. The molecule has 1 unspecified atom stereocenters. The molecular weight excluding hydrogens is 410 g/mol. The first-order chi connectivity index (χ1) is 14.9. The fourth-order valence-corrected chi connectivity index (χ4v) is 4.64. The highest BCUT2D eigenvalue weighted by atomic mass is 32.2. The molecule has 0 bridgehead atoms. The maximum absolute atomic E-state index is 13.0. The lowest BCUT2D eigenvalue weighted by Crippen LogP contribution is -2.33. The van der Waals surface area contributed by atoms with E-state index in [1.807, 2.05) is 80.1 Å². The summed E-state index contributed by atoms with van der Waals surface area (Å²) in [5.74, 6) is 1.53. The first kappa shape index (κ1) is 21.2. The maximum Gasteiger partial charge on any atom is 0.279 e. The summed E-state index contributed by atoms with van der Waals surface area (Å²) < 4.78 is 7.52. The average Bonchev–Trinajstić information content (AvgIpc) is 2.75. The molecule has 2 heterocycles. The minimum Gasteiger partial charge on any atom is -0.491 e. The minimum atomic E-state index is -0.337. The van der Waals surface area contributed by atoms with Gasteiger partial charge in [0.05, 0.1) is 11.7 Å². The summed E-state index contributed by atoms with van der Waals surface area (Å²) in [6, 6.07) is 17.6. The lowest BCUT2D eigenvalue weighted by molar-refractivity contribution is -0.116. The molecule has 1 aromatic heterocycles. The molecule has 7 heteroatoms. The number of hydrogen-bond donors (Lipinski definition) is 1. The summed E-state index contributed by atoms with van der Waals surface area (Å²) in [6.07, 6.45) is 0.292. The molecule has 6 nitrogen and oxygen atoms in total. The number of rotatable bonds is 6. The predicted molar refractivity (Wildman–Crippen MR) is 123 cm³/mol. The van der Waals surface area contributed by atoms with E-state index in [1.54, 1.807) is 0 Å². The monoisotopic (exact) mass is 435 g/mol. The summed E-state index contributed by atoms with van der Waals surface area (Å²) in [4.78, 5) is 29.9. The third-order valence-electron chi connectivity index (χ3n) is 5.17. The Hall–Kier alpha value is -3.06. The molecule has 1 aliphatic heterocycles. The maximum atomic E-state index is 13.0. The fourth-order valence-electron chi connectivity index (χ4n) is 3.72. The third kappa shape index (κ3) is 4.66. The van der Waals surface area contributed by atoms with Crippen molar-refractivity contribution in [2.75, 3.05) is 5.32 Å². The number of nitrogens with zero attached hydrogens (tertiary/aromatic N) is 2. The van der Waals surface area contributed by atoms with Crippen molar-refractivity contribution in [2.24, 2.45) is 7.05 Å². The fraction of sp³-hybridized carbons (Fsp3) is 0.292. The number of aromatic nitrogens is 2. The van der Waals surface area contributed by atoms with Crippen LogP contribution in [0, 0.1) is 0 Å². The molecular formula is C24H25N3O3S. The second-order valence-electron chi connectivity index (χ2n) is 7.84. The molecule has 1 amide bonds. The molecule has 0 fully saturated rings. The van der Waals surface area contributed by atoms with Gasteiger partial charge >= 0.3 is 0 Å². The van der Waals surface area contributed by atoms with E-state index in [4.69, 9.17) is 4.74 Å². The van der Waals surface area contributed by atoms with Gasteiger partial charge in [-0.25, -0.2) is 0 Å². The highest BCUT2D eigenvalue weighted by Gasteiger charge is 2.32. The van der Waals surface area contributed by atoms with Crippen LogP contribution in [0.2, 0.25) is 0 Å². The molecule has 3 aromatic rings. The molecule has 1 atom stereocenters. The molecule has 2 aromatic carbocycles. The number of carbonyl (C=O) groups excluding carboxylic acids is 1. The molecule has 31 heavy (non-hydrogen) atoms. The Kier molecular flexibility index (Phi) is 6.13. The Morgan fingerprint density at radius 2 is 1.84 bits per heavy atom. The quantitative estimate of drug-likeness (QED) is 0.461. The second kappa shape index (κ2) is 8.98. The van der Waals surface area contributed by atoms with Gasteiger partial charge in [-0.2, -0.15) is 4.98 Å². The van der Waals surface area contributed by atoms with Crippen LogP contribution in [0.25, 0.3) is 0 Å². The van der Waals surface area contributed by atoms with Gasteiger partial charge in [0.2, 0.25) is 5.91 Å². The highest BCUT2D eigenvalue weighted by molar-refractivity contribution is 7.98.